The summed E-state index contributed by atoms with van der Waals surface area (Å²) in [5.41, 5.74) is 6.67. The van der Waals surface area contributed by atoms with Crippen LogP contribution in [0.3, 0.4) is 0 Å². The van der Waals surface area contributed by atoms with Gasteiger partial charge in [-0.25, -0.2) is 4.98 Å². The highest BCUT2D eigenvalue weighted by Gasteiger charge is 2.25. The van der Waals surface area contributed by atoms with Crippen molar-refractivity contribution in [3.63, 3.8) is 0 Å². The van der Waals surface area contributed by atoms with E-state index in [4.69, 9.17) is 10.2 Å². The van der Waals surface area contributed by atoms with E-state index in [9.17, 15) is 4.79 Å². The first kappa shape index (κ1) is 16.0. The molecule has 114 valence electrons. The number of aromatic nitrogens is 1. The molecular formula is C14H18ClN3O2S. The monoisotopic (exact) mass is 327 g/mol. The van der Waals surface area contributed by atoms with Crippen molar-refractivity contribution in [2.45, 2.75) is 31.7 Å². The number of hydrogen-bond donors (Lipinski definition) is 2. The summed E-state index contributed by atoms with van der Waals surface area (Å²) in [4.78, 5) is 16.6. The van der Waals surface area contributed by atoms with E-state index in [1.54, 1.807) is 6.26 Å². The molecule has 0 spiro atoms. The van der Waals surface area contributed by atoms with Crippen molar-refractivity contribution in [2.75, 3.05) is 5.32 Å². The minimum absolute atomic E-state index is 0. The number of halogens is 1. The first-order chi connectivity index (χ1) is 9.72. The lowest BCUT2D eigenvalue weighted by Gasteiger charge is -2.25. The highest BCUT2D eigenvalue weighted by molar-refractivity contribution is 7.14. The van der Waals surface area contributed by atoms with Crippen LogP contribution in [0.2, 0.25) is 0 Å². The zero-order valence-corrected chi connectivity index (χ0v) is 13.1. The Morgan fingerprint density at radius 1 is 1.48 bits per heavy atom. The fourth-order valence-electron chi connectivity index (χ4n) is 2.54. The van der Waals surface area contributed by atoms with Crippen LogP contribution in [0.5, 0.6) is 0 Å². The van der Waals surface area contributed by atoms with Gasteiger partial charge in [0.25, 0.3) is 0 Å². The number of carbonyl (C=O) groups excluding carboxylic acids is 1. The predicted octanol–water partition coefficient (Wildman–Crippen LogP) is 3.28. The topological polar surface area (TPSA) is 81.2 Å². The maximum atomic E-state index is 12.2. The lowest BCUT2D eigenvalue weighted by atomic mass is 9.86. The van der Waals surface area contributed by atoms with E-state index in [1.165, 1.54) is 11.3 Å². The standard InChI is InChI=1S/C14H17N3O2S.ClH/c15-10-4-1-3-9(7-10)13(18)17-14-16-11(8-20-14)12-5-2-6-19-12;/h2,5-6,8-10H,1,3-4,7,15H2,(H,16,17,18);1H. The Kier molecular flexibility index (Phi) is 5.39. The molecule has 0 aromatic carbocycles. The number of hydrogen-bond acceptors (Lipinski definition) is 5. The lowest BCUT2D eigenvalue weighted by molar-refractivity contribution is -0.120. The van der Waals surface area contributed by atoms with E-state index >= 15 is 0 Å². The van der Waals surface area contributed by atoms with Crippen LogP contribution in [0.15, 0.2) is 28.2 Å². The smallest absolute Gasteiger partial charge is 0.229 e. The summed E-state index contributed by atoms with van der Waals surface area (Å²) < 4.78 is 5.28. The summed E-state index contributed by atoms with van der Waals surface area (Å²) in [6.07, 6.45) is 5.33. The number of rotatable bonds is 3. The summed E-state index contributed by atoms with van der Waals surface area (Å²) in [6.45, 7) is 0. The maximum Gasteiger partial charge on any atom is 0.229 e. The van der Waals surface area contributed by atoms with E-state index in [-0.39, 0.29) is 30.3 Å². The number of nitrogens with one attached hydrogen (secondary N) is 1. The first-order valence-corrected chi connectivity index (χ1v) is 7.66. The largest absolute Gasteiger partial charge is 0.463 e. The van der Waals surface area contributed by atoms with Gasteiger partial charge in [0.1, 0.15) is 5.69 Å². The molecule has 2 heterocycles. The van der Waals surface area contributed by atoms with E-state index in [0.717, 1.165) is 31.4 Å². The maximum absolute atomic E-state index is 12.2. The van der Waals surface area contributed by atoms with Gasteiger partial charge in [-0.05, 0) is 31.4 Å². The molecular weight excluding hydrogens is 310 g/mol. The van der Waals surface area contributed by atoms with Crippen LogP contribution in [-0.4, -0.2) is 16.9 Å². The molecule has 21 heavy (non-hydrogen) atoms. The van der Waals surface area contributed by atoms with Crippen molar-refractivity contribution in [3.05, 3.63) is 23.8 Å². The molecule has 2 aromatic rings. The number of nitrogens with two attached hydrogens (primary N) is 1. The van der Waals surface area contributed by atoms with E-state index in [0.29, 0.717) is 10.9 Å². The van der Waals surface area contributed by atoms with Crippen LogP contribution in [-0.2, 0) is 4.79 Å². The second-order valence-corrected chi connectivity index (χ2v) is 5.99. The fraction of sp³-hybridized carbons (Fsp3) is 0.429. The van der Waals surface area contributed by atoms with Gasteiger partial charge >= 0.3 is 0 Å². The van der Waals surface area contributed by atoms with Gasteiger partial charge in [0.05, 0.1) is 6.26 Å². The molecule has 1 fully saturated rings. The number of amides is 1. The normalized spacial score (nSPS) is 21.6. The van der Waals surface area contributed by atoms with Gasteiger partial charge in [-0.2, -0.15) is 0 Å². The molecule has 0 saturated heterocycles. The third kappa shape index (κ3) is 3.84. The molecule has 2 atom stereocenters. The van der Waals surface area contributed by atoms with Gasteiger partial charge in [0, 0.05) is 17.3 Å². The van der Waals surface area contributed by atoms with Gasteiger partial charge in [0.2, 0.25) is 5.91 Å². The van der Waals surface area contributed by atoms with Crippen molar-refractivity contribution >= 4 is 34.8 Å². The number of anilines is 1. The van der Waals surface area contributed by atoms with Crippen molar-refractivity contribution in [2.24, 2.45) is 11.7 Å². The van der Waals surface area contributed by atoms with Crippen molar-refractivity contribution < 1.29 is 9.21 Å². The SMILES string of the molecule is Cl.NC1CCCC(C(=O)Nc2nc(-c3ccco3)cs2)C1. The van der Waals surface area contributed by atoms with Crippen LogP contribution in [0.1, 0.15) is 25.7 Å². The Morgan fingerprint density at radius 2 is 2.33 bits per heavy atom. The first-order valence-electron chi connectivity index (χ1n) is 6.78. The van der Waals surface area contributed by atoms with E-state index < -0.39 is 0 Å². The Hall–Kier alpha value is -1.37. The van der Waals surface area contributed by atoms with Crippen LogP contribution in [0.4, 0.5) is 5.13 Å². The molecule has 3 rings (SSSR count). The molecule has 0 radical (unpaired) electrons. The molecule has 0 aliphatic heterocycles. The van der Waals surface area contributed by atoms with Gasteiger partial charge in [-0.15, -0.1) is 23.7 Å². The average Bonchev–Trinajstić information content (AvgIpc) is 3.08. The average molecular weight is 328 g/mol. The quantitative estimate of drug-likeness (QED) is 0.906. The van der Waals surface area contributed by atoms with Crippen LogP contribution in [0.25, 0.3) is 11.5 Å². The van der Waals surface area contributed by atoms with Gasteiger partial charge in [-0.3, -0.25) is 4.79 Å². The van der Waals surface area contributed by atoms with Crippen LogP contribution < -0.4 is 11.1 Å². The minimum atomic E-state index is 0. The highest BCUT2D eigenvalue weighted by Crippen LogP contribution is 2.28. The molecule has 1 aliphatic rings. The summed E-state index contributed by atoms with van der Waals surface area (Å²) in [5, 5.41) is 5.37. The molecule has 2 unspecified atom stereocenters. The molecule has 1 amide bonds. The Balaban J connectivity index is 0.00000161. The number of furan rings is 1. The summed E-state index contributed by atoms with van der Waals surface area (Å²) >= 11 is 1.41. The van der Waals surface area contributed by atoms with Gasteiger partial charge < -0.3 is 15.5 Å². The third-order valence-electron chi connectivity index (χ3n) is 3.59. The van der Waals surface area contributed by atoms with E-state index in [2.05, 4.69) is 10.3 Å². The predicted molar refractivity (Wildman–Crippen MR) is 85.6 cm³/mol. The van der Waals surface area contributed by atoms with Crippen LogP contribution >= 0.6 is 23.7 Å². The number of nitrogens with zero attached hydrogens (tertiary/aromatic N) is 1. The molecule has 0 bridgehead atoms. The zero-order valence-electron chi connectivity index (χ0n) is 11.5. The van der Waals surface area contributed by atoms with Gasteiger partial charge in [-0.1, -0.05) is 6.42 Å². The Bertz CT molecular complexity index is 585. The molecule has 2 aromatic heterocycles. The summed E-state index contributed by atoms with van der Waals surface area (Å²) in [5.74, 6) is 0.747. The fourth-order valence-corrected chi connectivity index (χ4v) is 3.24. The van der Waals surface area contributed by atoms with E-state index in [1.807, 2.05) is 17.5 Å². The summed E-state index contributed by atoms with van der Waals surface area (Å²) in [6, 6.07) is 3.81. The summed E-state index contributed by atoms with van der Waals surface area (Å²) in [7, 11) is 0. The molecule has 1 saturated carbocycles. The van der Waals surface area contributed by atoms with Crippen molar-refractivity contribution in [3.8, 4) is 11.5 Å². The molecule has 1 aliphatic carbocycles. The molecule has 7 heteroatoms. The third-order valence-corrected chi connectivity index (χ3v) is 4.35. The zero-order chi connectivity index (χ0) is 13.9. The number of thiazole rings is 1. The van der Waals surface area contributed by atoms with Crippen LogP contribution in [0, 0.1) is 5.92 Å². The molecule has 5 nitrogen and oxygen atoms in total. The number of carbonyl (C=O) groups is 1. The Morgan fingerprint density at radius 3 is 3.05 bits per heavy atom. The Labute approximate surface area is 133 Å². The second-order valence-electron chi connectivity index (χ2n) is 5.13. The lowest BCUT2D eigenvalue weighted by Crippen LogP contribution is -2.34. The van der Waals surface area contributed by atoms with Crippen molar-refractivity contribution in [1.29, 1.82) is 0 Å². The van der Waals surface area contributed by atoms with Gasteiger partial charge in [0.15, 0.2) is 10.9 Å². The minimum Gasteiger partial charge on any atom is -0.463 e. The van der Waals surface area contributed by atoms with Crippen molar-refractivity contribution in [1.82, 2.24) is 4.98 Å². The highest BCUT2D eigenvalue weighted by atomic mass is 35.5. The second kappa shape index (κ2) is 7.06. The molecule has 3 N–H and O–H groups in total.